The van der Waals surface area contributed by atoms with Gasteiger partial charge in [-0.3, -0.25) is 9.69 Å². The van der Waals surface area contributed by atoms with Gasteiger partial charge in [0.25, 0.3) is 0 Å². The summed E-state index contributed by atoms with van der Waals surface area (Å²) in [7, 11) is 0. The van der Waals surface area contributed by atoms with Crippen molar-refractivity contribution in [3.8, 4) is 5.88 Å². The Morgan fingerprint density at radius 2 is 2.11 bits per heavy atom. The van der Waals surface area contributed by atoms with Crippen LogP contribution in [0, 0.1) is 5.92 Å². The molecule has 6 heteroatoms. The smallest absolute Gasteiger partial charge is 0.240 e. The molecule has 0 bridgehead atoms. The topological polar surface area (TPSA) is 63.7 Å². The number of morpholine rings is 1. The predicted molar refractivity (Wildman–Crippen MR) is 102 cm³/mol. The molecule has 0 spiro atoms. The van der Waals surface area contributed by atoms with Gasteiger partial charge in [-0.05, 0) is 50.5 Å². The van der Waals surface area contributed by atoms with Crippen LogP contribution in [0.1, 0.15) is 50.5 Å². The average Bonchev–Trinajstić information content (AvgIpc) is 3.17. The van der Waals surface area contributed by atoms with E-state index < -0.39 is 0 Å². The first-order chi connectivity index (χ1) is 13.3. The van der Waals surface area contributed by atoms with Crippen molar-refractivity contribution < 1.29 is 14.3 Å². The number of hydrogen-bond acceptors (Lipinski definition) is 5. The summed E-state index contributed by atoms with van der Waals surface area (Å²) in [6, 6.07) is 3.70. The van der Waals surface area contributed by atoms with Gasteiger partial charge in [-0.2, -0.15) is 0 Å². The molecule has 1 aromatic heterocycles. The molecule has 3 aliphatic rings. The van der Waals surface area contributed by atoms with E-state index in [9.17, 15) is 4.79 Å². The van der Waals surface area contributed by atoms with Gasteiger partial charge >= 0.3 is 0 Å². The van der Waals surface area contributed by atoms with Crippen molar-refractivity contribution >= 4 is 5.91 Å². The highest BCUT2D eigenvalue weighted by Gasteiger charge is 2.32. The number of nitrogens with one attached hydrogen (secondary N) is 1. The molecule has 2 saturated carbocycles. The number of ether oxygens (including phenoxy) is 2. The van der Waals surface area contributed by atoms with Crippen LogP contribution in [0.4, 0.5) is 0 Å². The number of nitrogens with zero attached hydrogens (tertiary/aromatic N) is 2. The van der Waals surface area contributed by atoms with E-state index in [2.05, 4.69) is 15.2 Å². The summed E-state index contributed by atoms with van der Waals surface area (Å²) in [6.45, 7) is 3.51. The van der Waals surface area contributed by atoms with Crippen molar-refractivity contribution in [2.24, 2.45) is 5.92 Å². The van der Waals surface area contributed by atoms with E-state index in [1.54, 1.807) is 6.20 Å². The van der Waals surface area contributed by atoms with Gasteiger partial charge in [-0.15, -0.1) is 0 Å². The van der Waals surface area contributed by atoms with Crippen LogP contribution in [0.25, 0.3) is 0 Å². The van der Waals surface area contributed by atoms with E-state index in [1.807, 2.05) is 12.1 Å². The molecule has 1 unspecified atom stereocenters. The Bertz CT molecular complexity index is 629. The van der Waals surface area contributed by atoms with Crippen molar-refractivity contribution in [3.05, 3.63) is 23.9 Å². The highest BCUT2D eigenvalue weighted by Crippen LogP contribution is 2.28. The number of aromatic nitrogens is 1. The Hall–Kier alpha value is -1.66. The third-order valence-electron chi connectivity index (χ3n) is 6.14. The van der Waals surface area contributed by atoms with E-state index in [0.717, 1.165) is 44.0 Å². The van der Waals surface area contributed by atoms with Crippen LogP contribution in [0.5, 0.6) is 5.88 Å². The molecule has 1 amide bonds. The molecule has 0 aromatic carbocycles. The summed E-state index contributed by atoms with van der Waals surface area (Å²) in [4.78, 5) is 19.5. The molecular formula is C21H31N3O3. The molecule has 148 valence electrons. The lowest BCUT2D eigenvalue weighted by molar-refractivity contribution is -0.133. The maximum absolute atomic E-state index is 12.8. The zero-order chi connectivity index (χ0) is 18.5. The zero-order valence-corrected chi connectivity index (χ0v) is 16.1. The summed E-state index contributed by atoms with van der Waals surface area (Å²) in [5.41, 5.74) is 0.944. The standard InChI is InChI=1S/C21H31N3O3/c25-20(19-15-26-12-11-24(19)14-16-5-3-6-16)23-13-17-7-4-10-22-21(17)27-18-8-1-2-9-18/h4,7,10,16,18-19H,1-3,5-6,8-9,11-15H2,(H,23,25). The molecule has 1 aliphatic heterocycles. The van der Waals surface area contributed by atoms with E-state index in [1.165, 1.54) is 32.1 Å². The van der Waals surface area contributed by atoms with Crippen molar-refractivity contribution in [2.75, 3.05) is 26.3 Å². The maximum atomic E-state index is 12.8. The number of carbonyl (C=O) groups excluding carboxylic acids is 1. The van der Waals surface area contributed by atoms with Crippen LogP contribution in [0.15, 0.2) is 18.3 Å². The fourth-order valence-electron chi connectivity index (χ4n) is 4.23. The van der Waals surface area contributed by atoms with Crippen molar-refractivity contribution in [2.45, 2.75) is 63.6 Å². The SMILES string of the molecule is O=C(NCc1cccnc1OC1CCCC1)C1COCCN1CC1CCC1. The minimum Gasteiger partial charge on any atom is -0.474 e. The van der Waals surface area contributed by atoms with Crippen LogP contribution in [0.3, 0.4) is 0 Å². The lowest BCUT2D eigenvalue weighted by Crippen LogP contribution is -2.55. The van der Waals surface area contributed by atoms with Crippen LogP contribution in [-0.4, -0.2) is 54.2 Å². The third kappa shape index (κ3) is 4.79. The quantitative estimate of drug-likeness (QED) is 0.796. The van der Waals surface area contributed by atoms with Gasteiger partial charge in [0.15, 0.2) is 0 Å². The molecule has 1 N–H and O–H groups in total. The predicted octanol–water partition coefficient (Wildman–Crippen LogP) is 2.52. The minimum absolute atomic E-state index is 0.0460. The molecule has 1 atom stereocenters. The molecule has 3 fully saturated rings. The van der Waals surface area contributed by atoms with Crippen molar-refractivity contribution in [1.29, 1.82) is 0 Å². The Labute approximate surface area is 161 Å². The number of rotatable bonds is 7. The molecule has 4 rings (SSSR count). The number of hydrogen-bond donors (Lipinski definition) is 1. The summed E-state index contributed by atoms with van der Waals surface area (Å²) >= 11 is 0. The number of carbonyl (C=O) groups is 1. The Kier molecular flexibility index (Phi) is 6.24. The van der Waals surface area contributed by atoms with Gasteiger partial charge in [0.2, 0.25) is 11.8 Å². The molecule has 6 nitrogen and oxygen atoms in total. The van der Waals surface area contributed by atoms with Crippen molar-refractivity contribution in [1.82, 2.24) is 15.2 Å². The van der Waals surface area contributed by atoms with Gasteiger partial charge < -0.3 is 14.8 Å². The average molecular weight is 373 g/mol. The molecule has 27 heavy (non-hydrogen) atoms. The van der Waals surface area contributed by atoms with Crippen molar-refractivity contribution in [3.63, 3.8) is 0 Å². The highest BCUT2D eigenvalue weighted by molar-refractivity contribution is 5.82. The van der Waals surface area contributed by atoms with Gasteiger partial charge in [0, 0.05) is 31.4 Å². The van der Waals surface area contributed by atoms with Crippen LogP contribution < -0.4 is 10.1 Å². The molecule has 2 heterocycles. The zero-order valence-electron chi connectivity index (χ0n) is 16.1. The normalized spacial score (nSPS) is 24.5. The monoisotopic (exact) mass is 373 g/mol. The van der Waals surface area contributed by atoms with Gasteiger partial charge in [-0.1, -0.05) is 12.5 Å². The second kappa shape index (κ2) is 9.02. The first-order valence-electron chi connectivity index (χ1n) is 10.5. The second-order valence-electron chi connectivity index (χ2n) is 8.09. The van der Waals surface area contributed by atoms with Crippen LogP contribution >= 0.6 is 0 Å². The lowest BCUT2D eigenvalue weighted by Gasteiger charge is -2.39. The summed E-state index contributed by atoms with van der Waals surface area (Å²) < 4.78 is 11.7. The minimum atomic E-state index is -0.185. The fourth-order valence-corrected chi connectivity index (χ4v) is 4.23. The van der Waals surface area contributed by atoms with E-state index in [-0.39, 0.29) is 18.1 Å². The molecule has 1 saturated heterocycles. The Morgan fingerprint density at radius 1 is 1.26 bits per heavy atom. The van der Waals surface area contributed by atoms with Gasteiger partial charge in [0.1, 0.15) is 12.1 Å². The van der Waals surface area contributed by atoms with Gasteiger partial charge in [-0.25, -0.2) is 4.98 Å². The third-order valence-corrected chi connectivity index (χ3v) is 6.14. The Balaban J connectivity index is 1.33. The van der Waals surface area contributed by atoms with Crippen LogP contribution in [0.2, 0.25) is 0 Å². The maximum Gasteiger partial charge on any atom is 0.240 e. The highest BCUT2D eigenvalue weighted by atomic mass is 16.5. The van der Waals surface area contributed by atoms with E-state index >= 15 is 0 Å². The molecule has 2 aliphatic carbocycles. The summed E-state index contributed by atoms with van der Waals surface area (Å²) in [5.74, 6) is 1.46. The number of amides is 1. The summed E-state index contributed by atoms with van der Waals surface area (Å²) in [6.07, 6.45) is 10.6. The first-order valence-corrected chi connectivity index (χ1v) is 10.5. The van der Waals surface area contributed by atoms with Crippen LogP contribution in [-0.2, 0) is 16.1 Å². The second-order valence-corrected chi connectivity index (χ2v) is 8.09. The first kappa shape index (κ1) is 18.7. The van der Waals surface area contributed by atoms with E-state index in [0.29, 0.717) is 19.0 Å². The lowest BCUT2D eigenvalue weighted by atomic mass is 9.84. The van der Waals surface area contributed by atoms with Gasteiger partial charge in [0.05, 0.1) is 13.2 Å². The fraction of sp³-hybridized carbons (Fsp3) is 0.714. The Morgan fingerprint density at radius 3 is 2.89 bits per heavy atom. The summed E-state index contributed by atoms with van der Waals surface area (Å²) in [5, 5.41) is 3.09. The molecule has 0 radical (unpaired) electrons. The molecule has 1 aromatic rings. The van der Waals surface area contributed by atoms with E-state index in [4.69, 9.17) is 9.47 Å². The largest absolute Gasteiger partial charge is 0.474 e. The number of pyridine rings is 1. The molecular weight excluding hydrogens is 342 g/mol.